The minimum atomic E-state index is 0.184. The van der Waals surface area contributed by atoms with Crippen LogP contribution in [-0.4, -0.2) is 14.2 Å². The predicted octanol–water partition coefficient (Wildman–Crippen LogP) is 10.8. The number of phenolic OH excluding ortho intramolecular Hbond substituents is 1. The Hall–Kier alpha value is -5.02. The summed E-state index contributed by atoms with van der Waals surface area (Å²) in [7, 11) is 0. The van der Waals surface area contributed by atoms with Gasteiger partial charge in [0, 0.05) is 32.8 Å². The maximum absolute atomic E-state index is 10.8. The molecular formula is C40H34N2O. The number of aromatic nitrogens is 2. The summed E-state index contributed by atoms with van der Waals surface area (Å²) in [5, 5.41) is 15.8. The van der Waals surface area contributed by atoms with E-state index in [2.05, 4.69) is 139 Å². The Balaban J connectivity index is 1.34. The number of hydrogen-bond acceptors (Lipinski definition) is 1. The largest absolute Gasteiger partial charge is 0.508 e. The maximum atomic E-state index is 10.8. The Kier molecular flexibility index (Phi) is 5.84. The normalized spacial score (nSPS) is 15.3. The van der Waals surface area contributed by atoms with Crippen LogP contribution in [0, 0.1) is 5.92 Å². The average Bonchev–Trinajstić information content (AvgIpc) is 3.53. The van der Waals surface area contributed by atoms with Crippen LogP contribution in [-0.2, 0) is 0 Å². The van der Waals surface area contributed by atoms with E-state index in [9.17, 15) is 5.11 Å². The summed E-state index contributed by atoms with van der Waals surface area (Å²) in [6, 6.07) is 36.9. The summed E-state index contributed by atoms with van der Waals surface area (Å²) in [6.07, 6.45) is 8.02. The molecule has 3 nitrogen and oxygen atoms in total. The van der Waals surface area contributed by atoms with E-state index in [1.54, 1.807) is 6.07 Å². The van der Waals surface area contributed by atoms with Crippen LogP contribution in [0.5, 0.6) is 5.75 Å². The highest BCUT2D eigenvalue weighted by Crippen LogP contribution is 2.40. The molecule has 1 atom stereocenters. The molecule has 1 aliphatic carbocycles. The predicted molar refractivity (Wildman–Crippen MR) is 182 cm³/mol. The van der Waals surface area contributed by atoms with E-state index in [0.717, 1.165) is 28.7 Å². The van der Waals surface area contributed by atoms with E-state index in [1.165, 1.54) is 49.4 Å². The first-order valence-corrected chi connectivity index (χ1v) is 15.3. The van der Waals surface area contributed by atoms with Gasteiger partial charge in [0.15, 0.2) is 0 Å². The summed E-state index contributed by atoms with van der Waals surface area (Å²) in [4.78, 5) is 0. The number of para-hydroxylation sites is 2. The first-order valence-electron chi connectivity index (χ1n) is 15.3. The van der Waals surface area contributed by atoms with Gasteiger partial charge >= 0.3 is 0 Å². The highest BCUT2D eigenvalue weighted by atomic mass is 16.3. The lowest BCUT2D eigenvalue weighted by Gasteiger charge is -2.17. The Morgan fingerprint density at radius 1 is 0.651 bits per heavy atom. The third kappa shape index (κ3) is 3.95. The summed E-state index contributed by atoms with van der Waals surface area (Å²) in [5.41, 5.74) is 10.4. The average molecular weight is 559 g/mol. The van der Waals surface area contributed by atoms with E-state index >= 15 is 0 Å². The van der Waals surface area contributed by atoms with Gasteiger partial charge in [0.1, 0.15) is 5.75 Å². The Morgan fingerprint density at radius 3 is 1.84 bits per heavy atom. The van der Waals surface area contributed by atoms with E-state index in [1.807, 2.05) is 6.07 Å². The molecule has 0 bridgehead atoms. The highest BCUT2D eigenvalue weighted by molar-refractivity contribution is 6.13. The number of fused-ring (bicyclic) bond motifs is 6. The molecule has 0 fully saturated rings. The third-order valence-electron chi connectivity index (χ3n) is 9.11. The van der Waals surface area contributed by atoms with Crippen molar-refractivity contribution in [1.29, 1.82) is 0 Å². The zero-order chi connectivity index (χ0) is 29.2. The number of aromatic hydroxyl groups is 1. The fraction of sp³-hybridized carbons (Fsp3) is 0.150. The van der Waals surface area contributed by atoms with Gasteiger partial charge in [0.05, 0.1) is 27.8 Å². The summed E-state index contributed by atoms with van der Waals surface area (Å²) >= 11 is 0. The van der Waals surface area contributed by atoms with Gasteiger partial charge < -0.3 is 14.2 Å². The summed E-state index contributed by atoms with van der Waals surface area (Å²) in [6.45, 7) is 6.54. The lowest BCUT2D eigenvalue weighted by atomic mass is 9.99. The molecule has 0 saturated carbocycles. The quantitative estimate of drug-likeness (QED) is 0.229. The molecule has 0 saturated heterocycles. The molecule has 1 aliphatic rings. The van der Waals surface area contributed by atoms with Crippen molar-refractivity contribution in [2.45, 2.75) is 33.1 Å². The van der Waals surface area contributed by atoms with Gasteiger partial charge in [-0.3, -0.25) is 0 Å². The Labute approximate surface area is 251 Å². The highest BCUT2D eigenvalue weighted by Gasteiger charge is 2.20. The second-order valence-corrected chi connectivity index (χ2v) is 12.2. The van der Waals surface area contributed by atoms with Crippen LogP contribution in [0.15, 0.2) is 121 Å². The fourth-order valence-electron chi connectivity index (χ4n) is 7.05. The second kappa shape index (κ2) is 9.78. The number of rotatable bonds is 4. The number of phenols is 1. The SMILES string of the molecule is CC1C=CC(n2c3ccccc3c3cc(-c4ccc5c(c4)c4ccccc4n5-c4cccc(O)c4C(C)C)ccc32)=CC1. The summed E-state index contributed by atoms with van der Waals surface area (Å²) in [5.74, 6) is 1.11. The molecule has 210 valence electrons. The van der Waals surface area contributed by atoms with Gasteiger partial charge in [0.2, 0.25) is 0 Å². The molecule has 0 spiro atoms. The van der Waals surface area contributed by atoms with E-state index in [-0.39, 0.29) is 5.92 Å². The van der Waals surface area contributed by atoms with Crippen LogP contribution in [0.4, 0.5) is 0 Å². The van der Waals surface area contributed by atoms with Crippen LogP contribution in [0.2, 0.25) is 0 Å². The molecule has 3 heteroatoms. The molecule has 43 heavy (non-hydrogen) atoms. The molecule has 5 aromatic carbocycles. The van der Waals surface area contributed by atoms with Gasteiger partial charge in [0.25, 0.3) is 0 Å². The van der Waals surface area contributed by atoms with Crippen molar-refractivity contribution in [3.05, 3.63) is 127 Å². The van der Waals surface area contributed by atoms with Gasteiger partial charge in [-0.1, -0.05) is 87.5 Å². The molecule has 0 aliphatic heterocycles. The maximum Gasteiger partial charge on any atom is 0.121 e. The van der Waals surface area contributed by atoms with E-state index < -0.39 is 0 Å². The fourth-order valence-corrected chi connectivity index (χ4v) is 7.05. The molecule has 0 radical (unpaired) electrons. The zero-order valence-corrected chi connectivity index (χ0v) is 24.8. The van der Waals surface area contributed by atoms with Crippen LogP contribution < -0.4 is 0 Å². The number of hydrogen-bond donors (Lipinski definition) is 1. The first kappa shape index (κ1) is 25.7. The Morgan fingerprint density at radius 2 is 1.23 bits per heavy atom. The van der Waals surface area contributed by atoms with Gasteiger partial charge in [-0.2, -0.15) is 0 Å². The molecule has 1 unspecified atom stereocenters. The minimum absolute atomic E-state index is 0.184. The van der Waals surface area contributed by atoms with Crippen LogP contribution in [0.25, 0.3) is 66.1 Å². The van der Waals surface area contributed by atoms with Crippen molar-refractivity contribution in [2.24, 2.45) is 5.92 Å². The number of benzene rings is 5. The van der Waals surface area contributed by atoms with Crippen LogP contribution in [0.1, 0.15) is 38.7 Å². The second-order valence-electron chi connectivity index (χ2n) is 12.2. The van der Waals surface area contributed by atoms with Crippen molar-refractivity contribution >= 4 is 49.3 Å². The van der Waals surface area contributed by atoms with Crippen molar-refractivity contribution in [3.63, 3.8) is 0 Å². The van der Waals surface area contributed by atoms with Crippen molar-refractivity contribution in [2.75, 3.05) is 0 Å². The minimum Gasteiger partial charge on any atom is -0.508 e. The third-order valence-corrected chi connectivity index (χ3v) is 9.11. The van der Waals surface area contributed by atoms with Gasteiger partial charge in [-0.05, 0) is 84.0 Å². The zero-order valence-electron chi connectivity index (χ0n) is 24.8. The molecule has 2 heterocycles. The van der Waals surface area contributed by atoms with Crippen molar-refractivity contribution in [1.82, 2.24) is 9.13 Å². The molecule has 7 aromatic rings. The molecule has 1 N–H and O–H groups in total. The monoisotopic (exact) mass is 558 g/mol. The van der Waals surface area contributed by atoms with Crippen LogP contribution in [0.3, 0.4) is 0 Å². The number of nitrogens with zero attached hydrogens (tertiary/aromatic N) is 2. The van der Waals surface area contributed by atoms with Crippen molar-refractivity contribution < 1.29 is 5.11 Å². The van der Waals surface area contributed by atoms with Gasteiger partial charge in [-0.25, -0.2) is 0 Å². The summed E-state index contributed by atoms with van der Waals surface area (Å²) < 4.78 is 4.72. The van der Waals surface area contributed by atoms with Gasteiger partial charge in [-0.15, -0.1) is 0 Å². The lowest BCUT2D eigenvalue weighted by molar-refractivity contribution is 0.464. The van der Waals surface area contributed by atoms with E-state index in [4.69, 9.17) is 0 Å². The Bertz CT molecular complexity index is 2270. The molecule has 2 aromatic heterocycles. The van der Waals surface area contributed by atoms with Crippen LogP contribution >= 0.6 is 0 Å². The molecule has 8 rings (SSSR count). The van der Waals surface area contributed by atoms with E-state index in [0.29, 0.717) is 11.7 Å². The lowest BCUT2D eigenvalue weighted by Crippen LogP contribution is -2.01. The standard InChI is InChI=1S/C40H34N2O/c1-25(2)40-38(13-8-14-39(40)43)42-35-12-7-5-10-31(35)33-24-28(18-22-37(33)42)27-17-21-36-32(23-27)30-9-4-6-11-34(30)41(36)29-19-15-26(3)16-20-29/h4-15,17-26,43H,16H2,1-3H3. The molecular weight excluding hydrogens is 524 g/mol. The van der Waals surface area contributed by atoms with Crippen molar-refractivity contribution in [3.8, 4) is 22.6 Å². The smallest absolute Gasteiger partial charge is 0.121 e. The molecule has 0 amide bonds. The topological polar surface area (TPSA) is 30.1 Å². The number of allylic oxidation sites excluding steroid dienone is 4. The first-order chi connectivity index (χ1) is 21.0.